The lowest BCUT2D eigenvalue weighted by molar-refractivity contribution is 0.738. The molecule has 186 valence electrons. The number of anilines is 3. The van der Waals surface area contributed by atoms with Crippen LogP contribution >= 0.6 is 15.9 Å². The summed E-state index contributed by atoms with van der Waals surface area (Å²) < 4.78 is 2.64. The van der Waals surface area contributed by atoms with Gasteiger partial charge >= 0.3 is 0 Å². The summed E-state index contributed by atoms with van der Waals surface area (Å²) in [4.78, 5) is 13.3. The molecule has 13 heteroatoms. The summed E-state index contributed by atoms with van der Waals surface area (Å²) in [6.45, 7) is 7.70. The van der Waals surface area contributed by atoms with Gasteiger partial charge in [0.1, 0.15) is 5.69 Å². The average Bonchev–Trinajstić information content (AvgIpc) is 3.35. The van der Waals surface area contributed by atoms with Crippen LogP contribution in [-0.4, -0.2) is 44.9 Å². The molecule has 0 aromatic carbocycles. The van der Waals surface area contributed by atoms with E-state index in [9.17, 15) is 0 Å². The zero-order chi connectivity index (χ0) is 26.2. The summed E-state index contributed by atoms with van der Waals surface area (Å²) >= 11 is 3.22. The summed E-state index contributed by atoms with van der Waals surface area (Å²) in [5, 5.41) is 16.4. The number of hydrogen-bond acceptors (Lipinski definition) is 10. The minimum atomic E-state index is 0.607. The Labute approximate surface area is 216 Å². The third-order valence-corrected chi connectivity index (χ3v) is 5.26. The monoisotopic (exact) mass is 550 g/mol. The number of rotatable bonds is 2. The lowest BCUT2D eigenvalue weighted by Crippen LogP contribution is -2.01. The Kier molecular flexibility index (Phi) is 8.62. The second-order valence-corrected chi connectivity index (χ2v) is 8.64. The molecule has 6 N–H and O–H groups in total. The van der Waals surface area contributed by atoms with Gasteiger partial charge in [-0.1, -0.05) is 5.21 Å². The van der Waals surface area contributed by atoms with Gasteiger partial charge in [-0.3, -0.25) is 15.0 Å². The highest BCUT2D eigenvalue weighted by atomic mass is 79.9. The van der Waals surface area contributed by atoms with Crippen molar-refractivity contribution in [3.63, 3.8) is 0 Å². The third-order valence-electron chi connectivity index (χ3n) is 4.83. The first kappa shape index (κ1) is 26.2. The number of halogens is 1. The Morgan fingerprint density at radius 3 is 1.58 bits per heavy atom. The fourth-order valence-corrected chi connectivity index (χ4v) is 3.14. The Bertz CT molecular complexity index is 1410. The molecule has 0 amide bonds. The van der Waals surface area contributed by atoms with E-state index in [4.69, 9.17) is 17.2 Å². The van der Waals surface area contributed by atoms with Gasteiger partial charge in [-0.15, -0.1) is 9.90 Å². The van der Waals surface area contributed by atoms with E-state index in [0.29, 0.717) is 17.1 Å². The van der Waals surface area contributed by atoms with E-state index in [2.05, 4.69) is 51.4 Å². The van der Waals surface area contributed by atoms with Gasteiger partial charge in [-0.25, -0.2) is 4.68 Å². The summed E-state index contributed by atoms with van der Waals surface area (Å²) in [6.07, 6.45) is 9.86. The number of nitrogens with two attached hydrogens (primary N) is 3. The van der Waals surface area contributed by atoms with Gasteiger partial charge in [0.2, 0.25) is 0 Å². The fraction of sp³-hybridized carbons (Fsp3) is 0.174. The van der Waals surface area contributed by atoms with Crippen LogP contribution in [0.2, 0.25) is 0 Å². The maximum Gasteiger partial charge on any atom is 0.106 e. The molecule has 0 atom stereocenters. The summed E-state index contributed by atoms with van der Waals surface area (Å²) in [6, 6.07) is 5.40. The summed E-state index contributed by atoms with van der Waals surface area (Å²) in [5.41, 5.74) is 23.9. The number of nitrogens with zero attached hydrogens (tertiary/aromatic N) is 9. The normalized spacial score (nSPS) is 10.1. The van der Waals surface area contributed by atoms with Crippen LogP contribution in [0.1, 0.15) is 22.8 Å². The summed E-state index contributed by atoms with van der Waals surface area (Å²) in [5.74, 6) is 0. The lowest BCUT2D eigenvalue weighted by atomic mass is 10.3. The first-order chi connectivity index (χ1) is 17.1. The largest absolute Gasteiger partial charge is 0.397 e. The van der Waals surface area contributed by atoms with Crippen molar-refractivity contribution in [1.29, 1.82) is 0 Å². The molecule has 0 aliphatic rings. The molecule has 0 radical (unpaired) electrons. The highest BCUT2D eigenvalue weighted by Crippen LogP contribution is 2.13. The minimum absolute atomic E-state index is 0.607. The Balaban J connectivity index is 0.000000157. The molecule has 0 aliphatic carbocycles. The van der Waals surface area contributed by atoms with Crippen molar-refractivity contribution in [3.8, 4) is 11.4 Å². The third kappa shape index (κ3) is 7.06. The molecule has 5 aromatic rings. The van der Waals surface area contributed by atoms with E-state index >= 15 is 0 Å². The molecule has 0 unspecified atom stereocenters. The molecule has 5 aromatic heterocycles. The molecule has 0 fully saturated rings. The molecular formula is C23H27BrN12. The number of aryl methyl sites for hydroxylation is 3. The fourth-order valence-electron chi connectivity index (χ4n) is 2.76. The number of hydrogen-bond donors (Lipinski definition) is 3. The molecule has 0 bridgehead atoms. The van der Waals surface area contributed by atoms with Gasteiger partial charge < -0.3 is 17.2 Å². The van der Waals surface area contributed by atoms with E-state index in [1.807, 2.05) is 33.8 Å². The molecule has 5 heterocycles. The molecule has 0 saturated carbocycles. The Morgan fingerprint density at radius 2 is 1.14 bits per heavy atom. The molecule has 12 nitrogen and oxygen atoms in total. The zero-order valence-corrected chi connectivity index (χ0v) is 21.9. The second-order valence-electron chi connectivity index (χ2n) is 7.72. The molecular weight excluding hydrogens is 524 g/mol. The van der Waals surface area contributed by atoms with Gasteiger partial charge in [0.25, 0.3) is 0 Å². The van der Waals surface area contributed by atoms with Gasteiger partial charge in [-0.05, 0) is 61.8 Å². The van der Waals surface area contributed by atoms with E-state index in [0.717, 1.165) is 38.6 Å². The predicted molar refractivity (Wildman–Crippen MR) is 142 cm³/mol. The SMILES string of the molecule is Cc1nn(-c2cncc(N)c2)nc1C.Cc1nnn(-c2cncc(N)c2)c1C.Nc1cncc(Br)c1. The number of aromatic nitrogens is 9. The van der Waals surface area contributed by atoms with E-state index in [-0.39, 0.29) is 0 Å². The number of nitrogen functional groups attached to an aromatic ring is 3. The Hall–Kier alpha value is -4.39. The van der Waals surface area contributed by atoms with Crippen molar-refractivity contribution in [3.05, 3.63) is 82.6 Å². The van der Waals surface area contributed by atoms with Gasteiger partial charge in [0.05, 0.1) is 57.9 Å². The van der Waals surface area contributed by atoms with Crippen molar-refractivity contribution in [2.24, 2.45) is 0 Å². The molecule has 0 saturated heterocycles. The maximum atomic E-state index is 5.63. The van der Waals surface area contributed by atoms with Crippen LogP contribution in [0, 0.1) is 27.7 Å². The smallest absolute Gasteiger partial charge is 0.106 e. The van der Waals surface area contributed by atoms with Crippen molar-refractivity contribution < 1.29 is 0 Å². The number of pyridine rings is 3. The first-order valence-corrected chi connectivity index (χ1v) is 11.5. The van der Waals surface area contributed by atoms with E-state index in [1.165, 1.54) is 4.80 Å². The molecule has 0 aliphatic heterocycles. The standard InChI is InChI=1S/2C9H11N5.C5H5BrN2/c1-6-7(2)14(13-12-6)9-3-8(10)4-11-5-9;1-6-7(2)13-14(12-6)9-3-8(10)4-11-5-9;6-4-1-5(7)3-8-2-4/h2*3-5H,10H2,1-2H3;1-3H,7H2. The highest BCUT2D eigenvalue weighted by molar-refractivity contribution is 9.10. The maximum absolute atomic E-state index is 5.63. The van der Waals surface area contributed by atoms with Crippen molar-refractivity contribution in [1.82, 2.24) is 44.9 Å². The lowest BCUT2D eigenvalue weighted by Gasteiger charge is -2.02. The van der Waals surface area contributed by atoms with Crippen LogP contribution in [0.25, 0.3) is 11.4 Å². The van der Waals surface area contributed by atoms with E-state index < -0.39 is 0 Å². The van der Waals surface area contributed by atoms with Crippen LogP contribution in [0.4, 0.5) is 17.1 Å². The van der Waals surface area contributed by atoms with Crippen molar-refractivity contribution in [2.75, 3.05) is 17.2 Å². The molecule has 5 rings (SSSR count). The Morgan fingerprint density at radius 1 is 0.639 bits per heavy atom. The summed E-state index contributed by atoms with van der Waals surface area (Å²) in [7, 11) is 0. The first-order valence-electron chi connectivity index (χ1n) is 10.7. The highest BCUT2D eigenvalue weighted by Gasteiger charge is 2.06. The average molecular weight is 551 g/mol. The van der Waals surface area contributed by atoms with Crippen LogP contribution in [0.5, 0.6) is 0 Å². The van der Waals surface area contributed by atoms with Crippen LogP contribution < -0.4 is 17.2 Å². The van der Waals surface area contributed by atoms with Crippen molar-refractivity contribution >= 4 is 33.0 Å². The van der Waals surface area contributed by atoms with Crippen molar-refractivity contribution in [2.45, 2.75) is 27.7 Å². The van der Waals surface area contributed by atoms with Crippen LogP contribution in [0.3, 0.4) is 0 Å². The van der Waals surface area contributed by atoms with Gasteiger partial charge in [0, 0.05) is 29.3 Å². The molecule has 36 heavy (non-hydrogen) atoms. The topological polar surface area (TPSA) is 178 Å². The van der Waals surface area contributed by atoms with Crippen LogP contribution in [0.15, 0.2) is 59.9 Å². The van der Waals surface area contributed by atoms with E-state index in [1.54, 1.807) is 54.0 Å². The van der Waals surface area contributed by atoms with Gasteiger partial charge in [0.15, 0.2) is 0 Å². The second kappa shape index (κ2) is 11.8. The minimum Gasteiger partial charge on any atom is -0.397 e. The molecule has 0 spiro atoms. The zero-order valence-electron chi connectivity index (χ0n) is 20.3. The van der Waals surface area contributed by atoms with Crippen LogP contribution in [-0.2, 0) is 0 Å². The van der Waals surface area contributed by atoms with Gasteiger partial charge in [-0.2, -0.15) is 10.2 Å². The predicted octanol–water partition coefficient (Wildman–Crippen LogP) is 3.15. The quantitative estimate of drug-likeness (QED) is 0.295.